The van der Waals surface area contributed by atoms with Crippen LogP contribution in [0.4, 0.5) is 5.69 Å². The van der Waals surface area contributed by atoms with Gasteiger partial charge < -0.3 is 5.32 Å². The minimum Gasteiger partial charge on any atom is -0.324 e. The first kappa shape index (κ1) is 15.0. The third-order valence-electron chi connectivity index (χ3n) is 4.01. The second kappa shape index (κ2) is 6.04. The Labute approximate surface area is 136 Å². The van der Waals surface area contributed by atoms with Gasteiger partial charge in [0.05, 0.1) is 11.8 Å². The van der Waals surface area contributed by atoms with Crippen LogP contribution in [0.5, 0.6) is 0 Å². The molecule has 0 aromatic heterocycles. The molecule has 6 heteroatoms. The molecule has 2 unspecified atom stereocenters. The highest BCUT2D eigenvalue weighted by Gasteiger charge is 2.47. The van der Waals surface area contributed by atoms with Gasteiger partial charge in [0.1, 0.15) is 6.54 Å². The van der Waals surface area contributed by atoms with Crippen molar-refractivity contribution in [2.45, 2.75) is 12.8 Å². The minimum atomic E-state index is -0.369. The second-order valence-corrected chi connectivity index (χ2v) is 6.39. The zero-order valence-electron chi connectivity index (χ0n) is 11.8. The van der Waals surface area contributed by atoms with Gasteiger partial charge in [-0.3, -0.25) is 19.3 Å². The number of hydrogen-bond acceptors (Lipinski definition) is 3. The highest BCUT2D eigenvalue weighted by molar-refractivity contribution is 9.10. The van der Waals surface area contributed by atoms with E-state index in [2.05, 4.69) is 21.2 Å². The molecule has 114 valence electrons. The average Bonchev–Trinajstić information content (AvgIpc) is 2.73. The number of nitrogens with zero attached hydrogens (tertiary/aromatic N) is 1. The van der Waals surface area contributed by atoms with Crippen LogP contribution < -0.4 is 5.32 Å². The Morgan fingerprint density at radius 1 is 1.18 bits per heavy atom. The lowest BCUT2D eigenvalue weighted by Gasteiger charge is -2.14. The molecular formula is C16H15BrN2O3. The summed E-state index contributed by atoms with van der Waals surface area (Å²) in [5, 5.41) is 2.70. The summed E-state index contributed by atoms with van der Waals surface area (Å²) in [5.41, 5.74) is 0.623. The van der Waals surface area contributed by atoms with E-state index in [0.29, 0.717) is 18.5 Å². The lowest BCUT2D eigenvalue weighted by molar-refractivity contribution is -0.142. The number of allylic oxidation sites excluding steroid dienone is 2. The molecular weight excluding hydrogens is 348 g/mol. The monoisotopic (exact) mass is 362 g/mol. The maximum atomic E-state index is 12.3. The Bertz CT molecular complexity index is 645. The van der Waals surface area contributed by atoms with Crippen molar-refractivity contribution in [3.8, 4) is 0 Å². The van der Waals surface area contributed by atoms with Crippen LogP contribution in [0.1, 0.15) is 12.8 Å². The lowest BCUT2D eigenvalue weighted by atomic mass is 9.85. The maximum absolute atomic E-state index is 12.3. The Hall–Kier alpha value is -1.95. The number of fused-ring (bicyclic) bond motifs is 1. The number of rotatable bonds is 3. The number of hydrogen-bond donors (Lipinski definition) is 1. The zero-order valence-corrected chi connectivity index (χ0v) is 13.4. The summed E-state index contributed by atoms with van der Waals surface area (Å²) in [6.45, 7) is -0.225. The number of likely N-dealkylation sites (tertiary alicyclic amines) is 1. The molecule has 0 radical (unpaired) electrons. The van der Waals surface area contributed by atoms with Crippen molar-refractivity contribution in [2.75, 3.05) is 11.9 Å². The molecule has 1 fully saturated rings. The van der Waals surface area contributed by atoms with Crippen LogP contribution in [0.2, 0.25) is 0 Å². The first-order chi connectivity index (χ1) is 10.6. The fourth-order valence-corrected chi connectivity index (χ4v) is 3.33. The van der Waals surface area contributed by atoms with Crippen LogP contribution in [-0.4, -0.2) is 29.2 Å². The van der Waals surface area contributed by atoms with Gasteiger partial charge in [0.25, 0.3) is 0 Å². The molecule has 1 saturated heterocycles. The van der Waals surface area contributed by atoms with Gasteiger partial charge in [-0.1, -0.05) is 34.1 Å². The van der Waals surface area contributed by atoms with Crippen LogP contribution in [-0.2, 0) is 14.4 Å². The fraction of sp³-hybridized carbons (Fsp3) is 0.312. The standard InChI is InChI=1S/C16H15BrN2O3/c17-10-4-3-5-11(8-10)18-14(20)9-19-15(21)12-6-1-2-7-13(12)16(19)22/h1-5,8,12-13H,6-7,9H2,(H,18,20). The first-order valence-corrected chi connectivity index (χ1v) is 7.91. The van der Waals surface area contributed by atoms with Crippen molar-refractivity contribution < 1.29 is 14.4 Å². The van der Waals surface area contributed by atoms with E-state index in [-0.39, 0.29) is 36.1 Å². The summed E-state index contributed by atoms with van der Waals surface area (Å²) in [6.07, 6.45) is 5.02. The first-order valence-electron chi connectivity index (χ1n) is 7.12. The van der Waals surface area contributed by atoms with Crippen LogP contribution in [0.3, 0.4) is 0 Å². The number of nitrogens with one attached hydrogen (secondary N) is 1. The number of carbonyl (C=O) groups excluding carboxylic acids is 3. The summed E-state index contributed by atoms with van der Waals surface area (Å²) in [6, 6.07) is 7.15. The van der Waals surface area contributed by atoms with Gasteiger partial charge >= 0.3 is 0 Å². The molecule has 0 spiro atoms. The normalized spacial score (nSPS) is 23.6. The molecule has 1 aliphatic heterocycles. The number of benzene rings is 1. The number of carbonyl (C=O) groups is 3. The molecule has 3 amide bonds. The third kappa shape index (κ3) is 2.83. The Kier molecular flexibility index (Phi) is 4.11. The van der Waals surface area contributed by atoms with Gasteiger partial charge in [0, 0.05) is 10.2 Å². The van der Waals surface area contributed by atoms with E-state index in [9.17, 15) is 14.4 Å². The van der Waals surface area contributed by atoms with Gasteiger partial charge in [0.15, 0.2) is 0 Å². The van der Waals surface area contributed by atoms with Gasteiger partial charge in [-0.2, -0.15) is 0 Å². The summed E-state index contributed by atoms with van der Waals surface area (Å²) >= 11 is 3.32. The number of imide groups is 1. The quantitative estimate of drug-likeness (QED) is 0.662. The topological polar surface area (TPSA) is 66.5 Å². The van der Waals surface area contributed by atoms with Crippen molar-refractivity contribution in [2.24, 2.45) is 11.8 Å². The van der Waals surface area contributed by atoms with E-state index in [1.807, 2.05) is 18.2 Å². The second-order valence-electron chi connectivity index (χ2n) is 5.48. The molecule has 22 heavy (non-hydrogen) atoms. The molecule has 3 rings (SSSR count). The Balaban J connectivity index is 1.67. The number of amides is 3. The summed E-state index contributed by atoms with van der Waals surface area (Å²) in [7, 11) is 0. The van der Waals surface area contributed by atoms with Crippen LogP contribution >= 0.6 is 15.9 Å². The molecule has 1 heterocycles. The molecule has 2 atom stereocenters. The van der Waals surface area contributed by atoms with Crippen molar-refractivity contribution in [1.29, 1.82) is 0 Å². The van der Waals surface area contributed by atoms with E-state index in [1.54, 1.807) is 18.2 Å². The van der Waals surface area contributed by atoms with Crippen LogP contribution in [0, 0.1) is 11.8 Å². The van der Waals surface area contributed by atoms with Gasteiger partial charge in [-0.05, 0) is 31.0 Å². The SMILES string of the molecule is O=C(CN1C(=O)C2CC=CCC2C1=O)Nc1cccc(Br)c1. The molecule has 0 saturated carbocycles. The van der Waals surface area contributed by atoms with Gasteiger partial charge in [0.2, 0.25) is 17.7 Å². The Morgan fingerprint density at radius 3 is 2.41 bits per heavy atom. The lowest BCUT2D eigenvalue weighted by Crippen LogP contribution is -2.38. The highest BCUT2D eigenvalue weighted by Crippen LogP contribution is 2.34. The molecule has 0 bridgehead atoms. The third-order valence-corrected chi connectivity index (χ3v) is 4.50. The van der Waals surface area contributed by atoms with Crippen LogP contribution in [0.25, 0.3) is 0 Å². The van der Waals surface area contributed by atoms with Crippen molar-refractivity contribution in [3.05, 3.63) is 40.9 Å². The summed E-state index contributed by atoms with van der Waals surface area (Å²) < 4.78 is 0.843. The summed E-state index contributed by atoms with van der Waals surface area (Å²) in [5.74, 6) is -1.42. The van der Waals surface area contributed by atoms with E-state index in [4.69, 9.17) is 0 Å². The smallest absolute Gasteiger partial charge is 0.244 e. The molecule has 2 aliphatic rings. The molecule has 5 nitrogen and oxygen atoms in total. The highest BCUT2D eigenvalue weighted by atomic mass is 79.9. The largest absolute Gasteiger partial charge is 0.324 e. The molecule has 1 N–H and O–H groups in total. The predicted molar refractivity (Wildman–Crippen MR) is 84.8 cm³/mol. The van der Waals surface area contributed by atoms with E-state index < -0.39 is 0 Å². The van der Waals surface area contributed by atoms with E-state index in [1.165, 1.54) is 0 Å². The van der Waals surface area contributed by atoms with Crippen molar-refractivity contribution in [1.82, 2.24) is 4.90 Å². The fourth-order valence-electron chi connectivity index (χ4n) is 2.94. The number of anilines is 1. The molecule has 1 aromatic rings. The molecule has 1 aliphatic carbocycles. The summed E-state index contributed by atoms with van der Waals surface area (Å²) in [4.78, 5) is 37.7. The average molecular weight is 363 g/mol. The van der Waals surface area contributed by atoms with Crippen LogP contribution in [0.15, 0.2) is 40.9 Å². The Morgan fingerprint density at radius 2 is 1.82 bits per heavy atom. The number of halogens is 1. The van der Waals surface area contributed by atoms with Crippen molar-refractivity contribution >= 4 is 39.3 Å². The predicted octanol–water partition coefficient (Wildman–Crippen LogP) is 2.34. The van der Waals surface area contributed by atoms with E-state index >= 15 is 0 Å². The molecule has 1 aromatic carbocycles. The maximum Gasteiger partial charge on any atom is 0.244 e. The minimum absolute atomic E-state index is 0.225. The van der Waals surface area contributed by atoms with E-state index in [0.717, 1.165) is 9.37 Å². The zero-order chi connectivity index (χ0) is 15.7. The van der Waals surface area contributed by atoms with Gasteiger partial charge in [-0.25, -0.2) is 0 Å². The van der Waals surface area contributed by atoms with Crippen molar-refractivity contribution in [3.63, 3.8) is 0 Å². The van der Waals surface area contributed by atoms with Gasteiger partial charge in [-0.15, -0.1) is 0 Å².